The topological polar surface area (TPSA) is 43.7 Å². The molecule has 1 fully saturated rings. The van der Waals surface area contributed by atoms with Crippen LogP contribution in [0.15, 0.2) is 24.3 Å². The first-order valence-corrected chi connectivity index (χ1v) is 7.98. The van der Waals surface area contributed by atoms with Gasteiger partial charge in [-0.15, -0.1) is 0 Å². The van der Waals surface area contributed by atoms with E-state index in [2.05, 4.69) is 4.90 Å². The number of piperidine rings is 1. The van der Waals surface area contributed by atoms with E-state index in [4.69, 9.17) is 0 Å². The van der Waals surface area contributed by atoms with Crippen molar-refractivity contribution in [2.24, 2.45) is 5.41 Å². The Labute approximate surface area is 134 Å². The van der Waals surface area contributed by atoms with Gasteiger partial charge in [0.1, 0.15) is 0 Å². The summed E-state index contributed by atoms with van der Waals surface area (Å²) < 4.78 is 37.8. The van der Waals surface area contributed by atoms with Crippen LogP contribution in [0.4, 0.5) is 13.2 Å². The maximum absolute atomic E-state index is 12.6. The first-order chi connectivity index (χ1) is 10.8. The largest absolute Gasteiger partial charge is 0.416 e. The van der Waals surface area contributed by atoms with E-state index in [0.29, 0.717) is 26.1 Å². The summed E-state index contributed by atoms with van der Waals surface area (Å²) in [5.74, 6) is 0. The zero-order chi connectivity index (χ0) is 17.1. The first-order valence-electron chi connectivity index (χ1n) is 7.98. The van der Waals surface area contributed by atoms with Crippen molar-refractivity contribution >= 4 is 0 Å². The smallest absolute Gasteiger partial charge is 0.396 e. The highest BCUT2D eigenvalue weighted by molar-refractivity contribution is 5.24. The SMILES string of the molecule is CCC[C@@]1(CO)CN(Cc2ccc(C(F)(F)F)cc2)CC[C@@H]1O. The van der Waals surface area contributed by atoms with Crippen LogP contribution in [0.1, 0.15) is 37.3 Å². The van der Waals surface area contributed by atoms with Crippen LogP contribution in [-0.4, -0.2) is 40.9 Å². The van der Waals surface area contributed by atoms with Crippen LogP contribution in [0.25, 0.3) is 0 Å². The Morgan fingerprint density at radius 3 is 2.43 bits per heavy atom. The minimum Gasteiger partial charge on any atom is -0.396 e. The fraction of sp³-hybridized carbons (Fsp3) is 0.647. The van der Waals surface area contributed by atoms with E-state index in [1.807, 2.05) is 6.92 Å². The first kappa shape index (κ1) is 18.2. The fourth-order valence-electron chi connectivity index (χ4n) is 3.41. The van der Waals surface area contributed by atoms with Gasteiger partial charge >= 0.3 is 6.18 Å². The molecule has 130 valence electrons. The molecule has 2 rings (SSSR count). The molecule has 23 heavy (non-hydrogen) atoms. The number of aliphatic hydroxyl groups is 2. The molecule has 0 aromatic heterocycles. The van der Waals surface area contributed by atoms with E-state index >= 15 is 0 Å². The number of rotatable bonds is 5. The molecule has 1 aliphatic rings. The Hall–Kier alpha value is -1.11. The highest BCUT2D eigenvalue weighted by Crippen LogP contribution is 2.35. The monoisotopic (exact) mass is 331 g/mol. The standard InChI is InChI=1S/C17H24F3NO2/c1-2-8-16(12-22)11-21(9-7-15(16)23)10-13-3-5-14(6-4-13)17(18,19)20/h3-6,15,22-23H,2,7-12H2,1H3/t15-,16-/m0/s1. The van der Waals surface area contributed by atoms with Gasteiger partial charge in [-0.1, -0.05) is 25.5 Å². The fourth-order valence-corrected chi connectivity index (χ4v) is 3.41. The molecule has 0 spiro atoms. The summed E-state index contributed by atoms with van der Waals surface area (Å²) >= 11 is 0. The summed E-state index contributed by atoms with van der Waals surface area (Å²) in [5.41, 5.74) is -0.373. The Morgan fingerprint density at radius 2 is 1.91 bits per heavy atom. The van der Waals surface area contributed by atoms with Crippen molar-refractivity contribution in [2.75, 3.05) is 19.7 Å². The number of halogens is 3. The van der Waals surface area contributed by atoms with Gasteiger partial charge in [0.2, 0.25) is 0 Å². The number of benzene rings is 1. The minimum atomic E-state index is -4.32. The van der Waals surface area contributed by atoms with Crippen molar-refractivity contribution in [3.8, 4) is 0 Å². The number of alkyl halides is 3. The Kier molecular flexibility index (Phi) is 5.70. The van der Waals surface area contributed by atoms with Gasteiger partial charge in [-0.2, -0.15) is 13.2 Å². The van der Waals surface area contributed by atoms with Crippen LogP contribution in [0.2, 0.25) is 0 Å². The van der Waals surface area contributed by atoms with E-state index in [-0.39, 0.29) is 6.61 Å². The van der Waals surface area contributed by atoms with Crippen molar-refractivity contribution in [1.29, 1.82) is 0 Å². The normalized spacial score (nSPS) is 26.4. The Morgan fingerprint density at radius 1 is 1.26 bits per heavy atom. The van der Waals surface area contributed by atoms with Gasteiger partial charge in [-0.05, 0) is 30.5 Å². The molecule has 0 saturated carbocycles. The lowest BCUT2D eigenvalue weighted by Crippen LogP contribution is -2.53. The zero-order valence-corrected chi connectivity index (χ0v) is 13.3. The molecule has 0 radical (unpaired) electrons. The lowest BCUT2D eigenvalue weighted by atomic mass is 9.74. The maximum atomic E-state index is 12.6. The van der Waals surface area contributed by atoms with Gasteiger partial charge < -0.3 is 10.2 Å². The summed E-state index contributed by atoms with van der Waals surface area (Å²) in [4.78, 5) is 2.10. The average molecular weight is 331 g/mol. The minimum absolute atomic E-state index is 0.0779. The van der Waals surface area contributed by atoms with Crippen LogP contribution in [-0.2, 0) is 12.7 Å². The van der Waals surface area contributed by atoms with E-state index in [1.54, 1.807) is 0 Å². The highest BCUT2D eigenvalue weighted by Gasteiger charge is 2.41. The lowest BCUT2D eigenvalue weighted by Gasteiger charge is -2.45. The molecule has 0 amide bonds. The average Bonchev–Trinajstić information content (AvgIpc) is 2.50. The van der Waals surface area contributed by atoms with Crippen LogP contribution in [0.3, 0.4) is 0 Å². The molecule has 1 saturated heterocycles. The predicted molar refractivity (Wildman–Crippen MR) is 81.8 cm³/mol. The number of nitrogens with zero attached hydrogens (tertiary/aromatic N) is 1. The third-order valence-corrected chi connectivity index (χ3v) is 4.71. The third-order valence-electron chi connectivity index (χ3n) is 4.71. The predicted octanol–water partition coefficient (Wildman–Crippen LogP) is 3.05. The van der Waals surface area contributed by atoms with Gasteiger partial charge in [0.05, 0.1) is 18.3 Å². The van der Waals surface area contributed by atoms with Gasteiger partial charge in [-0.25, -0.2) is 0 Å². The van der Waals surface area contributed by atoms with Crippen molar-refractivity contribution in [3.05, 3.63) is 35.4 Å². The lowest BCUT2D eigenvalue weighted by molar-refractivity contribution is -0.137. The van der Waals surface area contributed by atoms with Gasteiger partial charge in [-0.3, -0.25) is 4.90 Å². The van der Waals surface area contributed by atoms with E-state index in [0.717, 1.165) is 30.5 Å². The summed E-state index contributed by atoms with van der Waals surface area (Å²) in [5, 5.41) is 20.0. The maximum Gasteiger partial charge on any atom is 0.416 e. The number of aliphatic hydroxyl groups excluding tert-OH is 2. The molecule has 0 aliphatic carbocycles. The van der Waals surface area contributed by atoms with Gasteiger partial charge in [0.15, 0.2) is 0 Å². The number of likely N-dealkylation sites (tertiary alicyclic amines) is 1. The summed E-state index contributed by atoms with van der Waals surface area (Å²) in [6.07, 6.45) is -2.68. The molecule has 0 bridgehead atoms. The second-order valence-electron chi connectivity index (χ2n) is 6.48. The second-order valence-corrected chi connectivity index (χ2v) is 6.48. The molecule has 1 aromatic carbocycles. The van der Waals surface area contributed by atoms with Crippen LogP contribution in [0.5, 0.6) is 0 Å². The second kappa shape index (κ2) is 7.20. The van der Waals surface area contributed by atoms with Crippen LogP contribution >= 0.6 is 0 Å². The van der Waals surface area contributed by atoms with E-state index < -0.39 is 23.3 Å². The summed E-state index contributed by atoms with van der Waals surface area (Å²) in [7, 11) is 0. The molecular weight excluding hydrogens is 307 g/mol. The summed E-state index contributed by atoms with van der Waals surface area (Å²) in [6.45, 7) is 3.69. The number of hydrogen-bond donors (Lipinski definition) is 2. The van der Waals surface area contributed by atoms with E-state index in [9.17, 15) is 23.4 Å². The molecule has 2 N–H and O–H groups in total. The molecule has 1 aliphatic heterocycles. The Bertz CT molecular complexity index is 504. The van der Waals surface area contributed by atoms with Crippen molar-refractivity contribution in [2.45, 2.75) is 45.0 Å². The quantitative estimate of drug-likeness (QED) is 0.871. The van der Waals surface area contributed by atoms with Crippen LogP contribution in [0, 0.1) is 5.41 Å². The molecular formula is C17H24F3NO2. The molecule has 1 heterocycles. The molecule has 3 nitrogen and oxygen atoms in total. The van der Waals surface area contributed by atoms with Crippen molar-refractivity contribution in [3.63, 3.8) is 0 Å². The molecule has 6 heteroatoms. The van der Waals surface area contributed by atoms with Crippen LogP contribution < -0.4 is 0 Å². The highest BCUT2D eigenvalue weighted by atomic mass is 19.4. The molecule has 2 atom stereocenters. The zero-order valence-electron chi connectivity index (χ0n) is 13.3. The third kappa shape index (κ3) is 4.25. The Balaban J connectivity index is 2.05. The molecule has 1 aromatic rings. The number of hydrogen-bond acceptors (Lipinski definition) is 3. The van der Waals surface area contributed by atoms with Crippen molar-refractivity contribution in [1.82, 2.24) is 4.90 Å². The van der Waals surface area contributed by atoms with Crippen molar-refractivity contribution < 1.29 is 23.4 Å². The van der Waals surface area contributed by atoms with Gasteiger partial charge in [0.25, 0.3) is 0 Å². The summed E-state index contributed by atoms with van der Waals surface area (Å²) in [6, 6.07) is 5.18. The van der Waals surface area contributed by atoms with E-state index in [1.165, 1.54) is 12.1 Å². The molecule has 0 unspecified atom stereocenters. The van der Waals surface area contributed by atoms with Gasteiger partial charge in [0, 0.05) is 25.0 Å².